The van der Waals surface area contributed by atoms with Gasteiger partial charge in [0.1, 0.15) is 0 Å². The number of aliphatic hydroxyl groups excluding tert-OH is 3. The van der Waals surface area contributed by atoms with Gasteiger partial charge in [-0.25, -0.2) is 0 Å². The van der Waals surface area contributed by atoms with Crippen LogP contribution in [-0.2, 0) is 26.2 Å². The zero-order valence-electron chi connectivity index (χ0n) is 7.89. The van der Waals surface area contributed by atoms with Crippen molar-refractivity contribution in [2.45, 2.75) is 12.6 Å². The molecule has 0 atom stereocenters. The Morgan fingerprint density at radius 1 is 0.923 bits per heavy atom. The first-order valence-electron chi connectivity index (χ1n) is 2.76. The number of hydrogen-bond acceptors (Lipinski definition) is 3. The molecule has 0 radical (unpaired) electrons. The van der Waals surface area contributed by atoms with E-state index in [9.17, 15) is 13.2 Å². The van der Waals surface area contributed by atoms with E-state index in [2.05, 4.69) is 6.92 Å². The summed E-state index contributed by atoms with van der Waals surface area (Å²) in [6.07, 6.45) is -5.05. The second kappa shape index (κ2) is 29.4. The van der Waals surface area contributed by atoms with E-state index in [-0.39, 0.29) is 26.2 Å². The van der Waals surface area contributed by atoms with Gasteiger partial charge in [-0.1, -0.05) is 6.42 Å². The van der Waals surface area contributed by atoms with Crippen molar-refractivity contribution in [3.05, 3.63) is 6.92 Å². The summed E-state index contributed by atoms with van der Waals surface area (Å²) >= 11 is 0. The van der Waals surface area contributed by atoms with Crippen molar-refractivity contribution >= 4 is 0 Å². The molecule has 0 aliphatic carbocycles. The van der Waals surface area contributed by atoms with Gasteiger partial charge in [-0.05, 0) is 0 Å². The molecule has 0 aliphatic rings. The van der Waals surface area contributed by atoms with E-state index in [0.29, 0.717) is 0 Å². The summed E-state index contributed by atoms with van der Waals surface area (Å²) in [7, 11) is 3.00. The third-order valence-corrected chi connectivity index (χ3v) is 0.283. The van der Waals surface area contributed by atoms with Gasteiger partial charge in [0.15, 0.2) is 0 Å². The van der Waals surface area contributed by atoms with Crippen molar-refractivity contribution in [2.24, 2.45) is 0 Å². The predicted octanol–water partition coefficient (Wildman–Crippen LogP) is 0.596. The van der Waals surface area contributed by atoms with E-state index in [1.54, 1.807) is 0 Å². The first-order valence-corrected chi connectivity index (χ1v) is 2.76. The molecular weight excluding hydrogens is 268 g/mol. The monoisotopic (exact) mass is 283 g/mol. The summed E-state index contributed by atoms with van der Waals surface area (Å²) in [6, 6.07) is 0. The van der Waals surface area contributed by atoms with Crippen molar-refractivity contribution < 1.29 is 54.7 Å². The summed E-state index contributed by atoms with van der Waals surface area (Å²) in [5.74, 6) is 0. The molecule has 7 heteroatoms. The second-order valence-corrected chi connectivity index (χ2v) is 0.865. The summed E-state index contributed by atoms with van der Waals surface area (Å²) in [5, 5.41) is 21.0. The third kappa shape index (κ3) is 111. The molecule has 0 unspecified atom stereocenters. The van der Waals surface area contributed by atoms with Crippen LogP contribution < -0.4 is 0 Å². The fourth-order valence-electron chi connectivity index (χ4n) is 0. The third-order valence-electron chi connectivity index (χ3n) is 0.283. The van der Waals surface area contributed by atoms with Gasteiger partial charge in [-0.2, -0.15) is 13.2 Å². The van der Waals surface area contributed by atoms with Gasteiger partial charge in [0, 0.05) is 47.5 Å². The van der Waals surface area contributed by atoms with E-state index < -0.39 is 12.6 Å². The average molecular weight is 284 g/mol. The van der Waals surface area contributed by atoms with Crippen LogP contribution in [0.2, 0.25) is 0 Å². The van der Waals surface area contributed by atoms with E-state index >= 15 is 0 Å². The number of hydrogen-bond donors (Lipinski definition) is 3. The maximum atomic E-state index is 10.7. The minimum Gasteiger partial charge on any atom is -0.400 e. The van der Waals surface area contributed by atoms with Gasteiger partial charge >= 0.3 is 6.18 Å². The van der Waals surface area contributed by atoms with Gasteiger partial charge in [-0.3, -0.25) is 0 Å². The zero-order chi connectivity index (χ0) is 11.2. The Hall–Kier alpha value is 0.553. The first-order chi connectivity index (χ1) is 5.56. The van der Waals surface area contributed by atoms with Crippen LogP contribution in [0.4, 0.5) is 13.2 Å². The Labute approximate surface area is 95.7 Å². The summed E-state index contributed by atoms with van der Waals surface area (Å²) < 4.78 is 32.2. The van der Waals surface area contributed by atoms with Gasteiger partial charge in [0.05, 0.1) is 0 Å². The molecule has 3 N–H and O–H groups in total. The molecule has 0 amide bonds. The van der Waals surface area contributed by atoms with Crippen LogP contribution in [0.5, 0.6) is 0 Å². The maximum Gasteiger partial charge on any atom is 0.363 e. The number of rotatable bonds is 0. The Balaban J connectivity index is -0.0000000263. The van der Waals surface area contributed by atoms with Crippen molar-refractivity contribution in [3.63, 3.8) is 0 Å². The smallest absolute Gasteiger partial charge is 0.363 e. The van der Waals surface area contributed by atoms with Crippen LogP contribution >= 0.6 is 0 Å². The van der Waals surface area contributed by atoms with Gasteiger partial charge < -0.3 is 22.2 Å². The number of alkyl halides is 3. The fourth-order valence-corrected chi connectivity index (χ4v) is 0. The van der Waals surface area contributed by atoms with Crippen LogP contribution in [0.1, 0.15) is 6.42 Å². The van der Waals surface area contributed by atoms with Crippen LogP contribution in [0.25, 0.3) is 0 Å². The Bertz CT molecular complexity index is 52.9. The molecule has 3 nitrogen and oxygen atoms in total. The van der Waals surface area contributed by atoms with Crippen LogP contribution in [0.3, 0.4) is 0 Å². The van der Waals surface area contributed by atoms with Crippen molar-refractivity contribution in [2.75, 3.05) is 21.3 Å². The average Bonchev–Trinajstić information content (AvgIpc) is 2.14. The summed E-state index contributed by atoms with van der Waals surface area (Å²) in [5.41, 5.74) is 0. The molecule has 0 fully saturated rings. The van der Waals surface area contributed by atoms with Crippen LogP contribution in [0.15, 0.2) is 0 Å². The number of aliphatic hydroxyl groups is 3. The molecule has 0 aromatic rings. The molecule has 13 heavy (non-hydrogen) atoms. The molecule has 0 bridgehead atoms. The van der Waals surface area contributed by atoms with E-state index in [4.69, 9.17) is 15.3 Å². The Morgan fingerprint density at radius 2 is 1.00 bits per heavy atom. The molecule has 0 aliphatic heterocycles. The van der Waals surface area contributed by atoms with Gasteiger partial charge in [-0.15, -0.1) is 0 Å². The Morgan fingerprint density at radius 3 is 1.00 bits per heavy atom. The molecule has 0 saturated heterocycles. The largest absolute Gasteiger partial charge is 0.400 e. The minimum atomic E-state index is -4.07. The van der Waals surface area contributed by atoms with Gasteiger partial charge in [0.2, 0.25) is 0 Å². The zero-order valence-corrected chi connectivity index (χ0v) is 10.3. The Kier molecular flexibility index (Phi) is 66.0. The molecule has 0 aromatic carbocycles. The molecule has 0 saturated carbocycles. The normalized spacial score (nSPS) is 6.92. The van der Waals surface area contributed by atoms with E-state index in [1.165, 1.54) is 0 Å². The molecular formula is C6H16F3O3Zr-. The quantitative estimate of drug-likeness (QED) is 0.571. The van der Waals surface area contributed by atoms with E-state index in [1.807, 2.05) is 0 Å². The molecule has 0 heterocycles. The minimum absolute atomic E-state index is 0. The topological polar surface area (TPSA) is 60.7 Å². The second-order valence-electron chi connectivity index (χ2n) is 0.865. The van der Waals surface area contributed by atoms with Crippen LogP contribution in [-0.4, -0.2) is 42.8 Å². The number of halogens is 3. The molecule has 0 spiro atoms. The summed E-state index contributed by atoms with van der Waals surface area (Å²) in [4.78, 5) is 0. The SMILES string of the molecule is CO.CO.CO.[CH2-]CC(F)(F)F.[Zr]. The van der Waals surface area contributed by atoms with Crippen molar-refractivity contribution in [3.8, 4) is 0 Å². The van der Waals surface area contributed by atoms with Gasteiger partial charge in [0.25, 0.3) is 0 Å². The fraction of sp³-hybridized carbons (Fsp3) is 0.833. The predicted molar refractivity (Wildman–Crippen MR) is 40.5 cm³/mol. The molecule has 84 valence electrons. The maximum absolute atomic E-state index is 10.7. The molecule has 0 aromatic heterocycles. The standard InChI is InChI=1S/C3H4F3.3CH4O.Zr/c1-2-3(4,5)6;3*1-2;/h1-2H2;3*2H,1H3;/q-1;;;;. The summed E-state index contributed by atoms with van der Waals surface area (Å²) in [6.45, 7) is 2.63. The van der Waals surface area contributed by atoms with E-state index in [0.717, 1.165) is 21.3 Å². The van der Waals surface area contributed by atoms with Crippen molar-refractivity contribution in [1.82, 2.24) is 0 Å². The van der Waals surface area contributed by atoms with Crippen LogP contribution in [0, 0.1) is 6.92 Å². The first kappa shape index (κ1) is 29.2. The molecule has 0 rings (SSSR count). The van der Waals surface area contributed by atoms with Crippen molar-refractivity contribution in [1.29, 1.82) is 0 Å².